The van der Waals surface area contributed by atoms with E-state index >= 15 is 0 Å². The molecule has 1 aliphatic carbocycles. The number of hydrogen-bond donors (Lipinski definition) is 1. The number of alkyl carbamates (subject to hydrolysis) is 1. The Morgan fingerprint density at radius 3 is 2.60 bits per heavy atom. The third kappa shape index (κ3) is 4.54. The maximum atomic E-state index is 11.4. The predicted octanol–water partition coefficient (Wildman–Crippen LogP) is 3.09. The number of ether oxygens (including phenoxy) is 1. The van der Waals surface area contributed by atoms with Crippen LogP contribution in [-0.2, 0) is 4.74 Å². The maximum absolute atomic E-state index is 11.4. The summed E-state index contributed by atoms with van der Waals surface area (Å²) in [6, 6.07) is 0.304. The lowest BCUT2D eigenvalue weighted by Crippen LogP contribution is -2.40. The van der Waals surface area contributed by atoms with E-state index in [9.17, 15) is 4.79 Å². The summed E-state index contributed by atoms with van der Waals surface area (Å²) in [5, 5.41) is 2.98. The van der Waals surface area contributed by atoms with E-state index < -0.39 is 0 Å². The maximum Gasteiger partial charge on any atom is 0.407 e. The number of amides is 1. The Bertz CT molecular complexity index is 204. The van der Waals surface area contributed by atoms with Crippen LogP contribution in [0.5, 0.6) is 0 Å². The molecule has 3 nitrogen and oxygen atoms in total. The molecule has 1 fully saturated rings. The highest BCUT2D eigenvalue weighted by Crippen LogP contribution is 2.22. The van der Waals surface area contributed by atoms with Gasteiger partial charge in [-0.2, -0.15) is 0 Å². The van der Waals surface area contributed by atoms with E-state index in [1.54, 1.807) is 0 Å². The van der Waals surface area contributed by atoms with Crippen molar-refractivity contribution >= 4 is 6.09 Å². The lowest BCUT2D eigenvalue weighted by molar-refractivity contribution is 0.109. The molecule has 2 atom stereocenters. The van der Waals surface area contributed by atoms with Gasteiger partial charge in [-0.05, 0) is 32.6 Å². The fourth-order valence-corrected chi connectivity index (χ4v) is 2.11. The first-order chi connectivity index (χ1) is 7.09. The summed E-state index contributed by atoms with van der Waals surface area (Å²) in [5.74, 6) is 0.576. The summed E-state index contributed by atoms with van der Waals surface area (Å²) in [7, 11) is 0. The van der Waals surface area contributed by atoms with Gasteiger partial charge in [-0.1, -0.05) is 26.2 Å². The Kier molecular flexibility index (Phi) is 4.92. The highest BCUT2D eigenvalue weighted by atomic mass is 16.6. The molecule has 0 saturated heterocycles. The molecule has 0 aromatic heterocycles. The first-order valence-corrected chi connectivity index (χ1v) is 6.06. The van der Waals surface area contributed by atoms with Crippen LogP contribution in [0.2, 0.25) is 0 Å². The summed E-state index contributed by atoms with van der Waals surface area (Å²) in [4.78, 5) is 11.4. The van der Waals surface area contributed by atoms with Crippen LogP contribution in [0.15, 0.2) is 0 Å². The van der Waals surface area contributed by atoms with Gasteiger partial charge in [0.2, 0.25) is 0 Å². The van der Waals surface area contributed by atoms with Crippen LogP contribution < -0.4 is 5.32 Å². The second-order valence-corrected chi connectivity index (χ2v) is 4.82. The third-order valence-corrected chi connectivity index (χ3v) is 3.01. The number of rotatable bonds is 2. The molecule has 0 aromatic carbocycles. The van der Waals surface area contributed by atoms with Crippen LogP contribution in [0.4, 0.5) is 4.79 Å². The Hall–Kier alpha value is -0.730. The van der Waals surface area contributed by atoms with Gasteiger partial charge in [0.1, 0.15) is 0 Å². The predicted molar refractivity (Wildman–Crippen MR) is 60.8 cm³/mol. The normalized spacial score (nSPS) is 27.2. The SMILES string of the molecule is CC(C)OC(=O)NC1CCCCCC1C. The molecule has 1 saturated carbocycles. The van der Waals surface area contributed by atoms with Gasteiger partial charge >= 0.3 is 6.09 Å². The number of carbonyl (C=O) groups excluding carboxylic acids is 1. The van der Waals surface area contributed by atoms with E-state index in [0.29, 0.717) is 12.0 Å². The zero-order valence-electron chi connectivity index (χ0n) is 10.1. The molecule has 0 spiro atoms. The Morgan fingerprint density at radius 1 is 1.27 bits per heavy atom. The van der Waals surface area contributed by atoms with Crippen molar-refractivity contribution in [3.63, 3.8) is 0 Å². The Balaban J connectivity index is 2.37. The number of nitrogens with one attached hydrogen (secondary N) is 1. The highest BCUT2D eigenvalue weighted by molar-refractivity contribution is 5.67. The monoisotopic (exact) mass is 213 g/mol. The molecule has 15 heavy (non-hydrogen) atoms. The first kappa shape index (κ1) is 12.3. The average molecular weight is 213 g/mol. The van der Waals surface area contributed by atoms with Crippen molar-refractivity contribution in [2.75, 3.05) is 0 Å². The van der Waals surface area contributed by atoms with Gasteiger partial charge in [0.05, 0.1) is 6.10 Å². The largest absolute Gasteiger partial charge is 0.447 e. The van der Waals surface area contributed by atoms with E-state index in [1.807, 2.05) is 13.8 Å². The zero-order valence-corrected chi connectivity index (χ0v) is 10.1. The van der Waals surface area contributed by atoms with Gasteiger partial charge in [0, 0.05) is 6.04 Å². The van der Waals surface area contributed by atoms with Crippen molar-refractivity contribution in [1.82, 2.24) is 5.32 Å². The quantitative estimate of drug-likeness (QED) is 0.716. The van der Waals surface area contributed by atoms with E-state index in [1.165, 1.54) is 25.7 Å². The van der Waals surface area contributed by atoms with Gasteiger partial charge < -0.3 is 10.1 Å². The minimum Gasteiger partial charge on any atom is -0.447 e. The first-order valence-electron chi connectivity index (χ1n) is 6.06. The Morgan fingerprint density at radius 2 is 1.93 bits per heavy atom. The standard InChI is InChI=1S/C12H23NO2/c1-9(2)15-12(14)13-11-8-6-4-5-7-10(11)3/h9-11H,4-8H2,1-3H3,(H,13,14). The topological polar surface area (TPSA) is 38.3 Å². The fraction of sp³-hybridized carbons (Fsp3) is 0.917. The molecule has 0 heterocycles. The summed E-state index contributed by atoms with van der Waals surface area (Å²) >= 11 is 0. The van der Waals surface area contributed by atoms with Crippen LogP contribution in [0.3, 0.4) is 0 Å². The van der Waals surface area contributed by atoms with Crippen molar-refractivity contribution in [2.45, 2.75) is 65.0 Å². The van der Waals surface area contributed by atoms with Crippen LogP contribution in [0.1, 0.15) is 52.9 Å². The lowest BCUT2D eigenvalue weighted by Gasteiger charge is -2.23. The van der Waals surface area contributed by atoms with Crippen molar-refractivity contribution in [1.29, 1.82) is 0 Å². The molecule has 0 radical (unpaired) electrons. The molecule has 88 valence electrons. The van der Waals surface area contributed by atoms with Gasteiger partial charge in [0.25, 0.3) is 0 Å². The summed E-state index contributed by atoms with van der Waals surface area (Å²) in [6.45, 7) is 5.96. The second-order valence-electron chi connectivity index (χ2n) is 4.82. The van der Waals surface area contributed by atoms with Gasteiger partial charge in [-0.3, -0.25) is 0 Å². The number of hydrogen-bond acceptors (Lipinski definition) is 2. The van der Waals surface area contributed by atoms with Crippen molar-refractivity contribution in [2.24, 2.45) is 5.92 Å². The molecule has 1 aliphatic rings. The van der Waals surface area contributed by atoms with Crippen molar-refractivity contribution in [3.8, 4) is 0 Å². The van der Waals surface area contributed by atoms with E-state index in [4.69, 9.17) is 4.74 Å². The minimum absolute atomic E-state index is 0.0360. The van der Waals surface area contributed by atoms with Gasteiger partial charge in [-0.15, -0.1) is 0 Å². The molecule has 0 aromatic rings. The third-order valence-electron chi connectivity index (χ3n) is 3.01. The van der Waals surface area contributed by atoms with Crippen molar-refractivity contribution in [3.05, 3.63) is 0 Å². The highest BCUT2D eigenvalue weighted by Gasteiger charge is 2.22. The van der Waals surface area contributed by atoms with Gasteiger partial charge in [0.15, 0.2) is 0 Å². The minimum atomic E-state index is -0.260. The number of carbonyl (C=O) groups is 1. The summed E-state index contributed by atoms with van der Waals surface area (Å²) in [6.07, 6.45) is 5.81. The molecule has 3 heteroatoms. The lowest BCUT2D eigenvalue weighted by atomic mass is 9.97. The molecule has 0 aliphatic heterocycles. The zero-order chi connectivity index (χ0) is 11.3. The van der Waals surface area contributed by atoms with Crippen LogP contribution >= 0.6 is 0 Å². The van der Waals surface area contributed by atoms with Crippen LogP contribution in [-0.4, -0.2) is 18.2 Å². The molecule has 1 rings (SSSR count). The summed E-state index contributed by atoms with van der Waals surface area (Å²) in [5.41, 5.74) is 0. The molecular formula is C12H23NO2. The summed E-state index contributed by atoms with van der Waals surface area (Å²) < 4.78 is 5.09. The average Bonchev–Trinajstić information content (AvgIpc) is 2.30. The van der Waals surface area contributed by atoms with E-state index in [-0.39, 0.29) is 12.2 Å². The van der Waals surface area contributed by atoms with E-state index in [2.05, 4.69) is 12.2 Å². The van der Waals surface area contributed by atoms with Crippen molar-refractivity contribution < 1.29 is 9.53 Å². The molecule has 0 bridgehead atoms. The van der Waals surface area contributed by atoms with Crippen LogP contribution in [0.25, 0.3) is 0 Å². The van der Waals surface area contributed by atoms with Gasteiger partial charge in [-0.25, -0.2) is 4.79 Å². The second kappa shape index (κ2) is 5.99. The Labute approximate surface area is 92.6 Å². The fourth-order valence-electron chi connectivity index (χ4n) is 2.11. The molecule has 2 unspecified atom stereocenters. The smallest absolute Gasteiger partial charge is 0.407 e. The van der Waals surface area contributed by atoms with Crippen LogP contribution in [0, 0.1) is 5.92 Å². The van der Waals surface area contributed by atoms with E-state index in [0.717, 1.165) is 6.42 Å². The molecular weight excluding hydrogens is 190 g/mol. The molecule has 1 amide bonds. The molecule has 1 N–H and O–H groups in total.